The highest BCUT2D eigenvalue weighted by Crippen LogP contribution is 2.34. The summed E-state index contributed by atoms with van der Waals surface area (Å²) in [5, 5.41) is 5.63. The van der Waals surface area contributed by atoms with E-state index >= 15 is 0 Å². The Hall–Kier alpha value is -1.94. The highest BCUT2D eigenvalue weighted by atomic mass is 32.2. The van der Waals surface area contributed by atoms with E-state index in [0.29, 0.717) is 0 Å². The highest BCUT2D eigenvalue weighted by molar-refractivity contribution is 8.14. The van der Waals surface area contributed by atoms with Gasteiger partial charge < -0.3 is 4.74 Å². The number of aryl methyl sites for hydroxylation is 1. The van der Waals surface area contributed by atoms with Gasteiger partial charge in [-0.1, -0.05) is 55.4 Å². The second-order valence-electron chi connectivity index (χ2n) is 4.68. The predicted molar refractivity (Wildman–Crippen MR) is 95.5 cm³/mol. The van der Waals surface area contributed by atoms with Crippen molar-refractivity contribution in [1.29, 1.82) is 0 Å². The molecule has 2 aromatic rings. The lowest BCUT2D eigenvalue weighted by molar-refractivity contribution is 0.415. The summed E-state index contributed by atoms with van der Waals surface area (Å²) in [5.41, 5.74) is 6.81. The molecule has 0 aromatic heterocycles. The molecular weight excluding hydrogens is 292 g/mol. The third-order valence-electron chi connectivity index (χ3n) is 3.23. The smallest absolute Gasteiger partial charge is 0.126 e. The quantitative estimate of drug-likeness (QED) is 0.889. The number of rotatable bonds is 3. The zero-order chi connectivity index (χ0) is 15.9. The van der Waals surface area contributed by atoms with Crippen molar-refractivity contribution >= 4 is 16.8 Å². The number of benzene rings is 2. The molecule has 1 aliphatic heterocycles. The molecule has 116 valence electrons. The minimum atomic E-state index is 0.188. The van der Waals surface area contributed by atoms with Gasteiger partial charge in [-0.3, -0.25) is 5.43 Å². The third kappa shape index (κ3) is 3.83. The van der Waals surface area contributed by atoms with Crippen LogP contribution in [0, 0.1) is 6.92 Å². The molecule has 1 unspecified atom stereocenters. The second-order valence-corrected chi connectivity index (χ2v) is 5.78. The SMILES string of the molecule is CC.COc1ccc(C2=NNC(c3ccc(C)cc3)S2)cc1. The van der Waals surface area contributed by atoms with Crippen molar-refractivity contribution in [1.82, 2.24) is 5.43 Å². The topological polar surface area (TPSA) is 33.6 Å². The van der Waals surface area contributed by atoms with Crippen LogP contribution < -0.4 is 10.2 Å². The molecule has 0 radical (unpaired) electrons. The summed E-state index contributed by atoms with van der Waals surface area (Å²) in [6.07, 6.45) is 0. The van der Waals surface area contributed by atoms with Gasteiger partial charge in [-0.05, 0) is 36.8 Å². The molecule has 0 saturated heterocycles. The van der Waals surface area contributed by atoms with E-state index in [2.05, 4.69) is 41.7 Å². The van der Waals surface area contributed by atoms with Crippen LogP contribution in [0.1, 0.15) is 35.9 Å². The zero-order valence-corrected chi connectivity index (χ0v) is 14.3. The molecule has 2 aromatic carbocycles. The first kappa shape index (κ1) is 16.4. The fourth-order valence-corrected chi connectivity index (χ4v) is 3.03. The van der Waals surface area contributed by atoms with E-state index in [-0.39, 0.29) is 5.37 Å². The van der Waals surface area contributed by atoms with Crippen molar-refractivity contribution in [3.05, 3.63) is 65.2 Å². The van der Waals surface area contributed by atoms with Crippen molar-refractivity contribution in [2.45, 2.75) is 26.1 Å². The first-order chi connectivity index (χ1) is 10.8. The Morgan fingerprint density at radius 1 is 1.00 bits per heavy atom. The van der Waals surface area contributed by atoms with Gasteiger partial charge >= 0.3 is 0 Å². The number of hydrazone groups is 1. The van der Waals surface area contributed by atoms with Gasteiger partial charge in [-0.25, -0.2) is 0 Å². The van der Waals surface area contributed by atoms with Crippen LogP contribution in [-0.4, -0.2) is 12.2 Å². The molecule has 1 heterocycles. The van der Waals surface area contributed by atoms with Crippen LogP contribution in [-0.2, 0) is 0 Å². The van der Waals surface area contributed by atoms with E-state index in [4.69, 9.17) is 4.74 Å². The fraction of sp³-hybridized carbons (Fsp3) is 0.278. The maximum Gasteiger partial charge on any atom is 0.126 e. The molecule has 0 spiro atoms. The van der Waals surface area contributed by atoms with Crippen molar-refractivity contribution in [3.63, 3.8) is 0 Å². The number of hydrogen-bond acceptors (Lipinski definition) is 4. The van der Waals surface area contributed by atoms with Crippen molar-refractivity contribution in [3.8, 4) is 5.75 Å². The maximum absolute atomic E-state index is 5.17. The Morgan fingerprint density at radius 2 is 1.64 bits per heavy atom. The summed E-state index contributed by atoms with van der Waals surface area (Å²) in [5.74, 6) is 0.861. The van der Waals surface area contributed by atoms with E-state index in [0.717, 1.165) is 16.4 Å². The molecule has 0 aliphatic carbocycles. The molecule has 4 heteroatoms. The molecule has 1 aliphatic rings. The first-order valence-electron chi connectivity index (χ1n) is 7.47. The monoisotopic (exact) mass is 314 g/mol. The molecule has 1 N–H and O–H groups in total. The van der Waals surface area contributed by atoms with Crippen LogP contribution in [0.15, 0.2) is 53.6 Å². The van der Waals surface area contributed by atoms with Crippen molar-refractivity contribution in [2.75, 3.05) is 7.11 Å². The molecule has 1 atom stereocenters. The van der Waals surface area contributed by atoms with Crippen LogP contribution in [0.2, 0.25) is 0 Å². The van der Waals surface area contributed by atoms with Crippen LogP contribution in [0.4, 0.5) is 0 Å². The molecule has 0 bridgehead atoms. The lowest BCUT2D eigenvalue weighted by Gasteiger charge is -2.09. The Balaban J connectivity index is 0.000000847. The van der Waals surface area contributed by atoms with Gasteiger partial charge in [0.1, 0.15) is 16.2 Å². The first-order valence-corrected chi connectivity index (χ1v) is 8.35. The van der Waals surface area contributed by atoms with Gasteiger partial charge in [0, 0.05) is 5.56 Å². The molecular formula is C18H22N2OS. The van der Waals surface area contributed by atoms with Gasteiger partial charge in [0.15, 0.2) is 0 Å². The van der Waals surface area contributed by atoms with Crippen LogP contribution in [0.5, 0.6) is 5.75 Å². The minimum absolute atomic E-state index is 0.188. The van der Waals surface area contributed by atoms with Gasteiger partial charge in [0.05, 0.1) is 7.11 Å². The number of methoxy groups -OCH3 is 1. The summed E-state index contributed by atoms with van der Waals surface area (Å²) in [7, 11) is 1.67. The normalized spacial score (nSPS) is 16.2. The lowest BCUT2D eigenvalue weighted by atomic mass is 10.1. The largest absolute Gasteiger partial charge is 0.497 e. The Labute approximate surface area is 136 Å². The molecule has 0 fully saturated rings. The van der Waals surface area contributed by atoms with Gasteiger partial charge in [0.2, 0.25) is 0 Å². The molecule has 3 rings (SSSR count). The van der Waals surface area contributed by atoms with E-state index in [9.17, 15) is 0 Å². The van der Waals surface area contributed by atoms with Crippen molar-refractivity contribution < 1.29 is 4.74 Å². The molecule has 22 heavy (non-hydrogen) atoms. The van der Waals surface area contributed by atoms with E-state index in [1.807, 2.05) is 38.1 Å². The average molecular weight is 314 g/mol. The number of nitrogens with one attached hydrogen (secondary N) is 1. The minimum Gasteiger partial charge on any atom is -0.497 e. The molecule has 0 saturated carbocycles. The van der Waals surface area contributed by atoms with E-state index in [1.165, 1.54) is 11.1 Å². The van der Waals surface area contributed by atoms with Gasteiger partial charge in [0.25, 0.3) is 0 Å². The molecule has 3 nitrogen and oxygen atoms in total. The predicted octanol–water partition coefficient (Wildman–Crippen LogP) is 4.73. The number of thioether (sulfide) groups is 1. The maximum atomic E-state index is 5.17. The van der Waals surface area contributed by atoms with E-state index < -0.39 is 0 Å². The van der Waals surface area contributed by atoms with E-state index in [1.54, 1.807) is 18.9 Å². The summed E-state index contributed by atoms with van der Waals surface area (Å²) in [4.78, 5) is 0. The van der Waals surface area contributed by atoms with Crippen LogP contribution in [0.25, 0.3) is 0 Å². The standard InChI is InChI=1S/C16H16N2OS.C2H6/c1-11-3-5-12(6-4-11)15-17-18-16(20-15)13-7-9-14(19-2)10-8-13;1-2/h3-10,15,17H,1-2H3;1-2H3. The Kier molecular flexibility index (Phi) is 5.90. The fourth-order valence-electron chi connectivity index (χ4n) is 2.03. The third-order valence-corrected chi connectivity index (χ3v) is 4.39. The Bertz CT molecular complexity index is 621. The number of nitrogens with zero attached hydrogens (tertiary/aromatic N) is 1. The highest BCUT2D eigenvalue weighted by Gasteiger charge is 2.21. The Morgan fingerprint density at radius 3 is 2.23 bits per heavy atom. The summed E-state index contributed by atoms with van der Waals surface area (Å²) in [6.45, 7) is 6.10. The number of hydrogen-bond donors (Lipinski definition) is 1. The zero-order valence-electron chi connectivity index (χ0n) is 13.5. The van der Waals surface area contributed by atoms with Gasteiger partial charge in [-0.2, -0.15) is 5.10 Å². The van der Waals surface area contributed by atoms with Crippen LogP contribution >= 0.6 is 11.8 Å². The van der Waals surface area contributed by atoms with Gasteiger partial charge in [-0.15, -0.1) is 0 Å². The molecule has 0 amide bonds. The van der Waals surface area contributed by atoms with Crippen LogP contribution in [0.3, 0.4) is 0 Å². The summed E-state index contributed by atoms with van der Waals surface area (Å²) >= 11 is 1.73. The summed E-state index contributed by atoms with van der Waals surface area (Å²) < 4.78 is 5.17. The second kappa shape index (κ2) is 7.90. The average Bonchev–Trinajstić information content (AvgIpc) is 3.07. The number of ether oxygens (including phenoxy) is 1. The summed E-state index contributed by atoms with van der Waals surface area (Å²) in [6, 6.07) is 16.5. The van der Waals surface area contributed by atoms with Crippen molar-refractivity contribution in [2.24, 2.45) is 5.10 Å². The lowest BCUT2D eigenvalue weighted by Crippen LogP contribution is -2.06.